The Morgan fingerprint density at radius 2 is 1.21 bits per heavy atom. The summed E-state index contributed by atoms with van der Waals surface area (Å²) in [4.78, 5) is 10.8. The summed E-state index contributed by atoms with van der Waals surface area (Å²) in [6.45, 7) is 4.62. The van der Waals surface area contributed by atoms with Crippen molar-refractivity contribution in [3.05, 3.63) is 139 Å². The molecule has 8 aromatic rings. The molecule has 2 heterocycles. The molecule has 3 nitrogen and oxygen atoms in total. The van der Waals surface area contributed by atoms with Crippen molar-refractivity contribution in [2.24, 2.45) is 0 Å². The predicted octanol–water partition coefficient (Wildman–Crippen LogP) is 9.85. The number of hydrogen-bond donors (Lipinski definition) is 0. The molecule has 0 saturated carbocycles. The smallest absolute Gasteiger partial charge is 0.162 e. The van der Waals surface area contributed by atoms with Crippen LogP contribution in [0.2, 0.25) is 0 Å². The van der Waals surface area contributed by atoms with E-state index in [9.17, 15) is 0 Å². The largest absolute Gasteiger partial charge is 0.293 e. The maximum atomic E-state index is 5.47. The van der Waals surface area contributed by atoms with Crippen molar-refractivity contribution >= 4 is 43.4 Å². The van der Waals surface area contributed by atoms with E-state index < -0.39 is 0 Å². The maximum Gasteiger partial charge on any atom is 0.162 e. The lowest BCUT2D eigenvalue weighted by Crippen LogP contribution is -2.19. The number of rotatable bonds is 2. The molecule has 0 N–H and O–H groups in total. The molecule has 1 aliphatic rings. The van der Waals surface area contributed by atoms with E-state index in [0.29, 0.717) is 0 Å². The monoisotopic (exact) mass is 537 g/mol. The summed E-state index contributed by atoms with van der Waals surface area (Å²) < 4.78 is 2.38. The summed E-state index contributed by atoms with van der Waals surface area (Å²) >= 11 is 0. The molecule has 0 atom stereocenters. The summed E-state index contributed by atoms with van der Waals surface area (Å²) in [5, 5.41) is 7.32. The van der Waals surface area contributed by atoms with Gasteiger partial charge in [-0.3, -0.25) is 4.57 Å². The number of aromatic nitrogens is 3. The van der Waals surface area contributed by atoms with E-state index in [1.807, 2.05) is 0 Å². The Bertz CT molecular complexity index is 2390. The van der Waals surface area contributed by atoms with Crippen LogP contribution in [-0.4, -0.2) is 14.5 Å². The van der Waals surface area contributed by atoms with Gasteiger partial charge in [0.25, 0.3) is 0 Å². The van der Waals surface area contributed by atoms with Crippen molar-refractivity contribution < 1.29 is 0 Å². The number of fused-ring (bicyclic) bond motifs is 8. The van der Waals surface area contributed by atoms with Crippen molar-refractivity contribution in [2.75, 3.05) is 0 Å². The zero-order valence-electron chi connectivity index (χ0n) is 23.5. The quantitative estimate of drug-likeness (QED) is 0.220. The van der Waals surface area contributed by atoms with Crippen molar-refractivity contribution in [1.82, 2.24) is 14.5 Å². The van der Waals surface area contributed by atoms with E-state index in [2.05, 4.69) is 146 Å². The van der Waals surface area contributed by atoms with E-state index in [0.717, 1.165) is 33.9 Å². The number of para-hydroxylation sites is 1. The van der Waals surface area contributed by atoms with E-state index >= 15 is 0 Å². The Morgan fingerprint density at radius 1 is 0.548 bits per heavy atom. The van der Waals surface area contributed by atoms with Crippen LogP contribution in [0.3, 0.4) is 0 Å². The second-order valence-electron chi connectivity index (χ2n) is 11.9. The van der Waals surface area contributed by atoms with Crippen LogP contribution in [-0.2, 0) is 5.41 Å². The van der Waals surface area contributed by atoms with Gasteiger partial charge in [-0.25, -0.2) is 9.97 Å². The summed E-state index contributed by atoms with van der Waals surface area (Å²) in [5.74, 6) is 1.69. The van der Waals surface area contributed by atoms with Gasteiger partial charge in [-0.1, -0.05) is 117 Å². The van der Waals surface area contributed by atoms with Crippen molar-refractivity contribution in [3.8, 4) is 28.5 Å². The Kier molecular flexibility index (Phi) is 4.67. The van der Waals surface area contributed by atoms with Crippen LogP contribution < -0.4 is 0 Å². The average molecular weight is 538 g/mol. The molecule has 0 amide bonds. The van der Waals surface area contributed by atoms with Gasteiger partial charge >= 0.3 is 0 Å². The minimum Gasteiger partial charge on any atom is -0.293 e. The van der Waals surface area contributed by atoms with Gasteiger partial charge in [-0.05, 0) is 51.4 Å². The summed E-state index contributed by atoms with van der Waals surface area (Å²) in [6.07, 6.45) is 0. The standard InChI is InChI=1S/C39H27N3/c1-39(2)32-17-9-7-16-30(32)36-35(39)38(41-37(40-36)28-20-19-24-11-3-4-12-25(24)21-28)42-33-18-10-8-15-29(33)31-22-26-13-5-6-14-27(26)23-34(31)42/h3-23H,1-2H3. The highest BCUT2D eigenvalue weighted by atomic mass is 15.1. The third kappa shape index (κ3) is 3.16. The lowest BCUT2D eigenvalue weighted by Gasteiger charge is -2.24. The van der Waals surface area contributed by atoms with E-state index in [1.54, 1.807) is 0 Å². The van der Waals surface area contributed by atoms with E-state index in [4.69, 9.17) is 9.97 Å². The Morgan fingerprint density at radius 3 is 2.05 bits per heavy atom. The van der Waals surface area contributed by atoms with Crippen molar-refractivity contribution in [2.45, 2.75) is 19.3 Å². The van der Waals surface area contributed by atoms with Crippen LogP contribution in [0.15, 0.2) is 127 Å². The fraction of sp³-hybridized carbons (Fsp3) is 0.0769. The Balaban J connectivity index is 1.44. The first kappa shape index (κ1) is 23.4. The third-order valence-corrected chi connectivity index (χ3v) is 9.13. The molecule has 42 heavy (non-hydrogen) atoms. The first-order valence-corrected chi connectivity index (χ1v) is 14.5. The van der Waals surface area contributed by atoms with Crippen LogP contribution in [0.5, 0.6) is 0 Å². The number of hydrogen-bond acceptors (Lipinski definition) is 2. The molecule has 0 unspecified atom stereocenters. The van der Waals surface area contributed by atoms with Gasteiger partial charge in [0.05, 0.1) is 16.7 Å². The van der Waals surface area contributed by atoms with Gasteiger partial charge in [-0.2, -0.15) is 0 Å². The number of nitrogens with zero attached hydrogens (tertiary/aromatic N) is 3. The maximum absolute atomic E-state index is 5.47. The molecule has 3 heteroatoms. The lowest BCUT2D eigenvalue weighted by atomic mass is 9.82. The molecule has 0 aliphatic heterocycles. The summed E-state index contributed by atoms with van der Waals surface area (Å²) in [5.41, 5.74) is 7.74. The predicted molar refractivity (Wildman–Crippen MR) is 174 cm³/mol. The topological polar surface area (TPSA) is 30.7 Å². The van der Waals surface area contributed by atoms with Crippen molar-refractivity contribution in [1.29, 1.82) is 0 Å². The molecular weight excluding hydrogens is 510 g/mol. The van der Waals surface area contributed by atoms with Crippen LogP contribution in [0.1, 0.15) is 25.0 Å². The number of benzene rings is 6. The van der Waals surface area contributed by atoms with Crippen LogP contribution >= 0.6 is 0 Å². The summed E-state index contributed by atoms with van der Waals surface area (Å²) in [7, 11) is 0. The molecule has 0 fully saturated rings. The molecule has 0 spiro atoms. The van der Waals surface area contributed by atoms with Gasteiger partial charge in [0.2, 0.25) is 0 Å². The zero-order chi connectivity index (χ0) is 28.0. The average Bonchev–Trinajstić information content (AvgIpc) is 3.47. The van der Waals surface area contributed by atoms with Gasteiger partial charge < -0.3 is 0 Å². The molecule has 198 valence electrons. The molecule has 2 aromatic heterocycles. The minimum absolute atomic E-state index is 0.266. The highest BCUT2D eigenvalue weighted by Gasteiger charge is 2.40. The van der Waals surface area contributed by atoms with Crippen molar-refractivity contribution in [3.63, 3.8) is 0 Å². The van der Waals surface area contributed by atoms with Crippen LogP contribution in [0.4, 0.5) is 0 Å². The third-order valence-electron chi connectivity index (χ3n) is 9.13. The van der Waals surface area contributed by atoms with Gasteiger partial charge in [0, 0.05) is 32.9 Å². The molecule has 9 rings (SSSR count). The molecular formula is C39H27N3. The normalized spacial score (nSPS) is 13.7. The molecule has 1 aliphatic carbocycles. The first-order chi connectivity index (χ1) is 20.6. The van der Waals surface area contributed by atoms with Gasteiger partial charge in [0.15, 0.2) is 5.82 Å². The lowest BCUT2D eigenvalue weighted by molar-refractivity contribution is 0.650. The zero-order valence-corrected chi connectivity index (χ0v) is 23.5. The van der Waals surface area contributed by atoms with Crippen LogP contribution in [0, 0.1) is 0 Å². The molecule has 0 radical (unpaired) electrons. The second-order valence-corrected chi connectivity index (χ2v) is 11.9. The molecule has 0 saturated heterocycles. The fourth-order valence-corrected chi connectivity index (χ4v) is 7.09. The second kappa shape index (κ2) is 8.37. The molecule has 6 aromatic carbocycles. The molecule has 0 bridgehead atoms. The minimum atomic E-state index is -0.266. The van der Waals surface area contributed by atoms with Crippen LogP contribution in [0.25, 0.3) is 71.8 Å². The highest BCUT2D eigenvalue weighted by Crippen LogP contribution is 2.51. The Hall–Kier alpha value is -5.28. The first-order valence-electron chi connectivity index (χ1n) is 14.5. The highest BCUT2D eigenvalue weighted by molar-refractivity contribution is 6.13. The van der Waals surface area contributed by atoms with E-state index in [1.165, 1.54) is 49.0 Å². The fourth-order valence-electron chi connectivity index (χ4n) is 7.09. The Labute approximate surface area is 243 Å². The summed E-state index contributed by atoms with van der Waals surface area (Å²) in [6, 6.07) is 45.7. The van der Waals surface area contributed by atoms with Gasteiger partial charge in [0.1, 0.15) is 5.82 Å². The van der Waals surface area contributed by atoms with Gasteiger partial charge in [-0.15, -0.1) is 0 Å². The van der Waals surface area contributed by atoms with E-state index in [-0.39, 0.29) is 5.41 Å². The SMILES string of the molecule is CC1(C)c2ccccc2-c2nc(-c3ccc4ccccc4c3)nc(-n3c4ccccc4c4cc5ccccc5cc43)c21.